The van der Waals surface area contributed by atoms with Crippen molar-refractivity contribution in [3.63, 3.8) is 0 Å². The number of ether oxygens (including phenoxy) is 2. The number of hydrogen-bond acceptors (Lipinski definition) is 5. The summed E-state index contributed by atoms with van der Waals surface area (Å²) >= 11 is 0. The van der Waals surface area contributed by atoms with Crippen LogP contribution in [0.4, 0.5) is 4.79 Å². The van der Waals surface area contributed by atoms with Crippen LogP contribution in [0, 0.1) is 17.3 Å². The van der Waals surface area contributed by atoms with Gasteiger partial charge in [0.05, 0.1) is 18.1 Å². The predicted octanol–water partition coefficient (Wildman–Crippen LogP) is 4.28. The zero-order valence-corrected chi connectivity index (χ0v) is 23.4. The van der Waals surface area contributed by atoms with Crippen LogP contribution in [0.15, 0.2) is 0 Å². The number of carboxylic acid groups (broad SMARTS) is 1. The molecule has 0 bridgehead atoms. The van der Waals surface area contributed by atoms with Crippen molar-refractivity contribution < 1.29 is 29.0 Å². The molecule has 0 aromatic carbocycles. The highest BCUT2D eigenvalue weighted by Gasteiger charge is 2.53. The van der Waals surface area contributed by atoms with Gasteiger partial charge in [-0.3, -0.25) is 9.59 Å². The van der Waals surface area contributed by atoms with Gasteiger partial charge in [0.25, 0.3) is 0 Å². The lowest BCUT2D eigenvalue weighted by molar-refractivity contribution is -0.304. The molecule has 3 atom stereocenters. The minimum atomic E-state index is -1.03. The van der Waals surface area contributed by atoms with Crippen molar-refractivity contribution >= 4 is 17.9 Å². The second-order valence-electron chi connectivity index (χ2n) is 12.1. The van der Waals surface area contributed by atoms with Crippen molar-refractivity contribution in [1.29, 1.82) is 0 Å². The Morgan fingerprint density at radius 2 is 1.72 bits per heavy atom. The lowest BCUT2D eigenvalue weighted by Gasteiger charge is -2.53. The number of aliphatic carboxylic acids is 1. The number of carboxylic acids is 1. The number of nitrogens with one attached hydrogen (secondary N) is 1. The van der Waals surface area contributed by atoms with E-state index >= 15 is 0 Å². The van der Waals surface area contributed by atoms with Crippen LogP contribution in [0.25, 0.3) is 0 Å². The first-order valence-corrected chi connectivity index (χ1v) is 13.6. The van der Waals surface area contributed by atoms with Crippen LogP contribution in [0.1, 0.15) is 99.8 Å². The molecular formula is C27H49N3O6. The van der Waals surface area contributed by atoms with Gasteiger partial charge in [-0.05, 0) is 39.0 Å². The van der Waals surface area contributed by atoms with Crippen molar-refractivity contribution in [1.82, 2.24) is 10.2 Å². The van der Waals surface area contributed by atoms with E-state index in [0.29, 0.717) is 19.4 Å². The fourth-order valence-corrected chi connectivity index (χ4v) is 5.93. The lowest BCUT2D eigenvalue weighted by atomic mass is 9.69. The SMILES string of the molecule is CCCCC(C(C)C)N(C(N)=O)C1(C(CNC(=O)C2OC(C)(C)OCC2(C)C)C(=O)O)CCCCC1. The molecule has 2 aliphatic rings. The maximum absolute atomic E-state index is 13.3. The summed E-state index contributed by atoms with van der Waals surface area (Å²) in [6, 6.07) is -0.753. The van der Waals surface area contributed by atoms with Crippen molar-refractivity contribution in [2.45, 2.75) is 123 Å². The highest BCUT2D eigenvalue weighted by atomic mass is 16.7. The van der Waals surface area contributed by atoms with Crippen LogP contribution >= 0.6 is 0 Å². The third-order valence-corrected chi connectivity index (χ3v) is 7.96. The van der Waals surface area contributed by atoms with Crippen molar-refractivity contribution in [2.24, 2.45) is 23.0 Å². The number of carbonyl (C=O) groups excluding carboxylic acids is 2. The molecule has 9 nitrogen and oxygen atoms in total. The summed E-state index contributed by atoms with van der Waals surface area (Å²) in [7, 11) is 0. The Labute approximate surface area is 216 Å². The number of amides is 3. The van der Waals surface area contributed by atoms with Gasteiger partial charge in [-0.1, -0.05) is 66.7 Å². The van der Waals surface area contributed by atoms with Crippen molar-refractivity contribution in [2.75, 3.05) is 13.2 Å². The molecule has 0 spiro atoms. The molecule has 1 saturated heterocycles. The standard InChI is InChI=1S/C27H49N3O6/c1-8-9-13-20(18(2)3)30(24(28)34)27(14-11-10-12-15-27)19(23(32)33)16-29-22(31)21-25(4,5)17-35-26(6,7)36-21/h18-21H,8-17H2,1-7H3,(H2,28,34)(H,29,31)(H,32,33). The molecule has 3 unspecified atom stereocenters. The Kier molecular flexibility index (Phi) is 10.2. The highest BCUT2D eigenvalue weighted by Crippen LogP contribution is 2.43. The quantitative estimate of drug-likeness (QED) is 0.379. The maximum atomic E-state index is 13.3. The number of primary amides is 1. The Hall–Kier alpha value is -1.87. The van der Waals surface area contributed by atoms with Gasteiger partial charge in [-0.2, -0.15) is 0 Å². The van der Waals surface area contributed by atoms with E-state index in [1.807, 2.05) is 13.8 Å². The fraction of sp³-hybridized carbons (Fsp3) is 0.889. The average Bonchev–Trinajstić information content (AvgIpc) is 2.78. The van der Waals surface area contributed by atoms with E-state index < -0.39 is 40.8 Å². The summed E-state index contributed by atoms with van der Waals surface area (Å²) in [6.07, 6.45) is 5.55. The van der Waals surface area contributed by atoms with Crippen molar-refractivity contribution in [3.8, 4) is 0 Å². The van der Waals surface area contributed by atoms with Gasteiger partial charge in [0.1, 0.15) is 6.10 Å². The summed E-state index contributed by atoms with van der Waals surface area (Å²) in [5.41, 5.74) is 4.47. The fourth-order valence-electron chi connectivity index (χ4n) is 5.93. The van der Waals surface area contributed by atoms with Gasteiger partial charge in [0.15, 0.2) is 5.79 Å². The topological polar surface area (TPSA) is 131 Å². The first-order valence-electron chi connectivity index (χ1n) is 13.6. The zero-order valence-electron chi connectivity index (χ0n) is 23.4. The number of hydrogen-bond donors (Lipinski definition) is 3. The number of nitrogens with zero attached hydrogens (tertiary/aromatic N) is 1. The van der Waals surface area contributed by atoms with E-state index in [0.717, 1.165) is 38.5 Å². The summed E-state index contributed by atoms with van der Waals surface area (Å²) in [5.74, 6) is -3.20. The number of rotatable bonds is 11. The Bertz CT molecular complexity index is 775. The Morgan fingerprint density at radius 3 is 2.22 bits per heavy atom. The number of nitrogens with two attached hydrogens (primary N) is 1. The van der Waals surface area contributed by atoms with Gasteiger partial charge in [-0.15, -0.1) is 0 Å². The Morgan fingerprint density at radius 1 is 1.11 bits per heavy atom. The highest BCUT2D eigenvalue weighted by molar-refractivity contribution is 5.83. The van der Waals surface area contributed by atoms with Gasteiger partial charge in [-0.25, -0.2) is 4.79 Å². The van der Waals surface area contributed by atoms with E-state index in [-0.39, 0.29) is 24.4 Å². The minimum absolute atomic E-state index is 0.103. The molecule has 36 heavy (non-hydrogen) atoms. The molecule has 3 amide bonds. The second kappa shape index (κ2) is 12.1. The third kappa shape index (κ3) is 6.91. The molecule has 208 valence electrons. The Balaban J connectivity index is 2.40. The number of carbonyl (C=O) groups is 3. The molecule has 0 aromatic rings. The maximum Gasteiger partial charge on any atom is 0.315 e. The van der Waals surface area contributed by atoms with E-state index in [1.165, 1.54) is 0 Å². The van der Waals surface area contributed by atoms with Crippen LogP contribution in [-0.4, -0.2) is 64.5 Å². The lowest BCUT2D eigenvalue weighted by Crippen LogP contribution is -2.66. The summed E-state index contributed by atoms with van der Waals surface area (Å²) in [6.45, 7) is 13.7. The van der Waals surface area contributed by atoms with E-state index in [4.69, 9.17) is 15.2 Å². The molecule has 1 heterocycles. The van der Waals surface area contributed by atoms with Gasteiger partial charge < -0.3 is 30.5 Å². The largest absolute Gasteiger partial charge is 0.481 e. The molecule has 0 radical (unpaired) electrons. The van der Waals surface area contributed by atoms with Crippen LogP contribution in [0.5, 0.6) is 0 Å². The zero-order chi connectivity index (χ0) is 27.3. The monoisotopic (exact) mass is 511 g/mol. The number of urea groups is 1. The molecule has 1 saturated carbocycles. The smallest absolute Gasteiger partial charge is 0.315 e. The average molecular weight is 512 g/mol. The van der Waals surface area contributed by atoms with E-state index in [1.54, 1.807) is 18.7 Å². The van der Waals surface area contributed by atoms with E-state index in [2.05, 4.69) is 26.1 Å². The van der Waals surface area contributed by atoms with Gasteiger partial charge in [0, 0.05) is 18.0 Å². The van der Waals surface area contributed by atoms with Crippen LogP contribution < -0.4 is 11.1 Å². The molecule has 2 fully saturated rings. The molecule has 1 aliphatic heterocycles. The van der Waals surface area contributed by atoms with Crippen LogP contribution in [0.2, 0.25) is 0 Å². The second-order valence-corrected chi connectivity index (χ2v) is 12.1. The van der Waals surface area contributed by atoms with Crippen LogP contribution in [0.3, 0.4) is 0 Å². The predicted molar refractivity (Wildman–Crippen MR) is 138 cm³/mol. The van der Waals surface area contributed by atoms with Gasteiger partial charge in [0.2, 0.25) is 5.91 Å². The minimum Gasteiger partial charge on any atom is -0.481 e. The molecule has 2 rings (SSSR count). The van der Waals surface area contributed by atoms with E-state index in [9.17, 15) is 19.5 Å². The molecular weight excluding hydrogens is 462 g/mol. The summed E-state index contributed by atoms with van der Waals surface area (Å²) in [5, 5.41) is 13.3. The first kappa shape index (κ1) is 30.4. The summed E-state index contributed by atoms with van der Waals surface area (Å²) < 4.78 is 11.7. The number of unbranched alkanes of at least 4 members (excludes halogenated alkanes) is 1. The third-order valence-electron chi connectivity index (χ3n) is 7.96. The molecule has 4 N–H and O–H groups in total. The van der Waals surface area contributed by atoms with Crippen LogP contribution in [-0.2, 0) is 19.1 Å². The van der Waals surface area contributed by atoms with Gasteiger partial charge >= 0.3 is 12.0 Å². The van der Waals surface area contributed by atoms with Crippen molar-refractivity contribution in [3.05, 3.63) is 0 Å². The molecule has 9 heteroatoms. The first-order chi connectivity index (χ1) is 16.7. The molecule has 1 aliphatic carbocycles. The molecule has 0 aromatic heterocycles. The normalized spacial score (nSPS) is 24.5. The summed E-state index contributed by atoms with van der Waals surface area (Å²) in [4.78, 5) is 40.8.